The van der Waals surface area contributed by atoms with Gasteiger partial charge in [-0.1, -0.05) is 12.1 Å². The molecule has 31 heavy (non-hydrogen) atoms. The van der Waals surface area contributed by atoms with Crippen molar-refractivity contribution in [1.82, 2.24) is 15.5 Å². The molecular weight excluding hydrogens is 396 g/mol. The largest absolute Gasteiger partial charge is 0.493 e. The number of benzene rings is 1. The maximum Gasteiger partial charge on any atom is 0.191 e. The van der Waals surface area contributed by atoms with E-state index in [1.807, 2.05) is 43.3 Å². The molecule has 2 heterocycles. The van der Waals surface area contributed by atoms with Gasteiger partial charge in [0.05, 0.1) is 33.1 Å². The Bertz CT molecular complexity index is 776. The fourth-order valence-electron chi connectivity index (χ4n) is 3.28. The maximum atomic E-state index is 6.03. The monoisotopic (exact) mass is 430 g/mol. The number of hydrogen-bond donors (Lipinski definition) is 2. The van der Waals surface area contributed by atoms with E-state index >= 15 is 0 Å². The van der Waals surface area contributed by atoms with Crippen LogP contribution in [0.5, 0.6) is 11.5 Å². The van der Waals surface area contributed by atoms with Crippen LogP contribution >= 0.6 is 0 Å². The third-order valence-corrected chi connectivity index (χ3v) is 4.97. The third-order valence-electron chi connectivity index (χ3n) is 4.97. The Balaban J connectivity index is 1.50. The molecule has 1 aromatic heterocycles. The van der Waals surface area contributed by atoms with Crippen LogP contribution in [0.4, 0.5) is 0 Å². The van der Waals surface area contributed by atoms with Gasteiger partial charge in [0.15, 0.2) is 17.5 Å². The predicted molar refractivity (Wildman–Crippen MR) is 121 cm³/mol. The minimum absolute atomic E-state index is 0.0979. The van der Waals surface area contributed by atoms with Crippen LogP contribution in [0.25, 0.3) is 0 Å². The molecule has 0 radical (unpaired) electrons. The molecule has 0 amide bonds. The van der Waals surface area contributed by atoms with Crippen LogP contribution in [0.2, 0.25) is 0 Å². The summed E-state index contributed by atoms with van der Waals surface area (Å²) in [6.07, 6.45) is 2.39. The highest BCUT2D eigenvalue weighted by Gasteiger charge is 2.11. The van der Waals surface area contributed by atoms with E-state index in [0.29, 0.717) is 6.54 Å². The van der Waals surface area contributed by atoms with Crippen molar-refractivity contribution in [3.8, 4) is 11.5 Å². The fraction of sp³-hybridized carbons (Fsp3) is 0.522. The number of morpholine rings is 1. The second kappa shape index (κ2) is 12.9. The molecule has 1 aliphatic heterocycles. The number of nitrogens with zero attached hydrogens (tertiary/aromatic N) is 2. The summed E-state index contributed by atoms with van der Waals surface area (Å²) in [6.45, 7) is 8.59. The second-order valence-electron chi connectivity index (χ2n) is 7.41. The van der Waals surface area contributed by atoms with Crippen LogP contribution < -0.4 is 20.1 Å². The lowest BCUT2D eigenvalue weighted by atomic mass is 10.3. The number of para-hydroxylation sites is 2. The van der Waals surface area contributed by atoms with Crippen molar-refractivity contribution in [1.29, 1.82) is 0 Å². The first-order valence-corrected chi connectivity index (χ1v) is 10.9. The molecule has 1 saturated heterocycles. The van der Waals surface area contributed by atoms with Gasteiger partial charge in [-0.15, -0.1) is 0 Å². The van der Waals surface area contributed by atoms with Crippen molar-refractivity contribution in [2.24, 2.45) is 4.99 Å². The zero-order valence-electron chi connectivity index (χ0n) is 18.5. The van der Waals surface area contributed by atoms with Crippen molar-refractivity contribution in [2.45, 2.75) is 19.4 Å². The lowest BCUT2D eigenvalue weighted by Gasteiger charge is -2.26. The molecule has 1 aliphatic rings. The molecule has 0 bridgehead atoms. The van der Waals surface area contributed by atoms with Gasteiger partial charge < -0.3 is 29.3 Å². The van der Waals surface area contributed by atoms with E-state index in [1.54, 1.807) is 13.4 Å². The first-order chi connectivity index (χ1) is 15.2. The summed E-state index contributed by atoms with van der Waals surface area (Å²) in [6, 6.07) is 11.5. The summed E-state index contributed by atoms with van der Waals surface area (Å²) in [5.74, 6) is 3.17. The molecule has 170 valence electrons. The molecule has 3 rings (SSSR count). The molecule has 1 aromatic carbocycles. The summed E-state index contributed by atoms with van der Waals surface area (Å²) in [5, 5.41) is 6.83. The summed E-state index contributed by atoms with van der Waals surface area (Å²) >= 11 is 0. The van der Waals surface area contributed by atoms with E-state index in [1.165, 1.54) is 0 Å². The molecule has 0 saturated carbocycles. The van der Waals surface area contributed by atoms with Gasteiger partial charge in [-0.2, -0.15) is 0 Å². The average Bonchev–Trinajstić information content (AvgIpc) is 3.32. The number of hydrogen-bond acceptors (Lipinski definition) is 6. The number of furan rings is 1. The number of guanidine groups is 1. The third kappa shape index (κ3) is 8.15. The Kier molecular flexibility index (Phi) is 9.53. The molecule has 0 spiro atoms. The van der Waals surface area contributed by atoms with E-state index in [2.05, 4.69) is 15.5 Å². The molecule has 2 aromatic rings. The number of nitrogens with one attached hydrogen (secondary N) is 2. The van der Waals surface area contributed by atoms with E-state index in [0.717, 1.165) is 75.6 Å². The molecule has 1 atom stereocenters. The average molecular weight is 431 g/mol. The van der Waals surface area contributed by atoms with Gasteiger partial charge in [0.25, 0.3) is 0 Å². The summed E-state index contributed by atoms with van der Waals surface area (Å²) < 4.78 is 22.2. The predicted octanol–water partition coefficient (Wildman–Crippen LogP) is 2.17. The molecule has 8 nitrogen and oxygen atoms in total. The number of aliphatic imine (C=N–C) groups is 1. The van der Waals surface area contributed by atoms with Crippen LogP contribution in [0.15, 0.2) is 52.1 Å². The summed E-state index contributed by atoms with van der Waals surface area (Å²) in [4.78, 5) is 7.12. The first-order valence-electron chi connectivity index (χ1n) is 10.9. The smallest absolute Gasteiger partial charge is 0.191 e. The van der Waals surface area contributed by atoms with E-state index < -0.39 is 0 Å². The minimum atomic E-state index is -0.0979. The van der Waals surface area contributed by atoms with Gasteiger partial charge >= 0.3 is 0 Å². The van der Waals surface area contributed by atoms with Gasteiger partial charge in [-0.25, -0.2) is 4.99 Å². The van der Waals surface area contributed by atoms with Gasteiger partial charge in [0.2, 0.25) is 0 Å². The molecule has 0 aliphatic carbocycles. The zero-order valence-corrected chi connectivity index (χ0v) is 18.5. The Morgan fingerprint density at radius 3 is 2.61 bits per heavy atom. The summed E-state index contributed by atoms with van der Waals surface area (Å²) in [7, 11) is 1.64. The Morgan fingerprint density at radius 1 is 1.10 bits per heavy atom. The number of methoxy groups -OCH3 is 1. The minimum Gasteiger partial charge on any atom is -0.493 e. The van der Waals surface area contributed by atoms with Gasteiger partial charge in [-0.3, -0.25) is 4.90 Å². The maximum absolute atomic E-state index is 6.03. The highest BCUT2D eigenvalue weighted by Crippen LogP contribution is 2.26. The molecule has 1 fully saturated rings. The normalized spacial score (nSPS) is 16.0. The number of rotatable bonds is 11. The Labute approximate surface area is 184 Å². The van der Waals surface area contributed by atoms with Crippen molar-refractivity contribution >= 4 is 5.96 Å². The van der Waals surface area contributed by atoms with Crippen LogP contribution in [0.3, 0.4) is 0 Å². The first kappa shape index (κ1) is 23.0. The second-order valence-corrected chi connectivity index (χ2v) is 7.41. The van der Waals surface area contributed by atoms with Crippen molar-refractivity contribution in [3.05, 3.63) is 48.4 Å². The van der Waals surface area contributed by atoms with Crippen LogP contribution in [0.1, 0.15) is 12.7 Å². The lowest BCUT2D eigenvalue weighted by molar-refractivity contribution is 0.0389. The quantitative estimate of drug-likeness (QED) is 0.418. The van der Waals surface area contributed by atoms with Crippen molar-refractivity contribution in [2.75, 3.05) is 59.6 Å². The van der Waals surface area contributed by atoms with Gasteiger partial charge in [-0.05, 0) is 31.2 Å². The van der Waals surface area contributed by atoms with E-state index in [4.69, 9.17) is 23.6 Å². The van der Waals surface area contributed by atoms with Crippen LogP contribution in [0, 0.1) is 0 Å². The molecule has 8 heteroatoms. The molecule has 1 unspecified atom stereocenters. The van der Waals surface area contributed by atoms with E-state index in [-0.39, 0.29) is 6.10 Å². The standard InChI is InChI=1S/C23H34N4O4/c1-19(31-22-8-4-3-7-21(22)28-2)18-26-23(24-10-9-20-6-5-15-30-20)25-11-12-27-13-16-29-17-14-27/h3-8,15,19H,9-14,16-18H2,1-2H3,(H2,24,25,26). The zero-order chi connectivity index (χ0) is 21.7. The SMILES string of the molecule is COc1ccccc1OC(C)CN=C(NCCc1ccco1)NCCN1CCOCC1. The van der Waals surface area contributed by atoms with Crippen molar-refractivity contribution in [3.63, 3.8) is 0 Å². The topological polar surface area (TPSA) is 80.5 Å². The lowest BCUT2D eigenvalue weighted by Crippen LogP contribution is -2.45. The Hall–Kier alpha value is -2.71. The fourth-order valence-corrected chi connectivity index (χ4v) is 3.28. The number of ether oxygens (including phenoxy) is 3. The molecule has 2 N–H and O–H groups in total. The Morgan fingerprint density at radius 2 is 1.87 bits per heavy atom. The highest BCUT2D eigenvalue weighted by atomic mass is 16.5. The molecular formula is C23H34N4O4. The van der Waals surface area contributed by atoms with Crippen molar-refractivity contribution < 1.29 is 18.6 Å². The van der Waals surface area contributed by atoms with Gasteiger partial charge in [0.1, 0.15) is 11.9 Å². The van der Waals surface area contributed by atoms with Crippen LogP contribution in [-0.2, 0) is 11.2 Å². The van der Waals surface area contributed by atoms with Gasteiger partial charge in [0, 0.05) is 39.1 Å². The summed E-state index contributed by atoms with van der Waals surface area (Å²) in [5.41, 5.74) is 0. The van der Waals surface area contributed by atoms with Crippen LogP contribution in [-0.4, -0.2) is 76.6 Å². The highest BCUT2D eigenvalue weighted by molar-refractivity contribution is 5.79. The van der Waals surface area contributed by atoms with E-state index in [9.17, 15) is 0 Å².